The molecule has 1 fully saturated rings. The molecule has 0 aliphatic carbocycles. The Kier molecular flexibility index (Phi) is 6.00. The second-order valence-corrected chi connectivity index (χ2v) is 6.86. The van der Waals surface area contributed by atoms with Crippen LogP contribution in [0.1, 0.15) is 18.6 Å². The molecule has 0 bridgehead atoms. The Bertz CT molecular complexity index is 688. The lowest BCUT2D eigenvalue weighted by Crippen LogP contribution is -2.39. The van der Waals surface area contributed by atoms with Crippen molar-refractivity contribution in [3.05, 3.63) is 52.4 Å². The molecule has 4 nitrogen and oxygen atoms in total. The van der Waals surface area contributed by atoms with Gasteiger partial charge in [-0.15, -0.1) is 0 Å². The Hall–Kier alpha value is -1.27. The van der Waals surface area contributed by atoms with Gasteiger partial charge < -0.3 is 19.4 Å². The zero-order chi connectivity index (χ0) is 16.9. The van der Waals surface area contributed by atoms with Crippen LogP contribution in [0.5, 0.6) is 0 Å². The van der Waals surface area contributed by atoms with Crippen LogP contribution in [0, 0.1) is 0 Å². The van der Waals surface area contributed by atoms with Crippen LogP contribution in [0.15, 0.2) is 41.0 Å². The Balaban J connectivity index is 1.70. The molecular weight excluding hydrogens is 367 g/mol. The third kappa shape index (κ3) is 4.63. The largest absolute Gasteiger partial charge is 0.467 e. The summed E-state index contributed by atoms with van der Waals surface area (Å²) in [5.74, 6) is 0.853. The summed E-state index contributed by atoms with van der Waals surface area (Å²) in [5, 5.41) is 4.81. The highest BCUT2D eigenvalue weighted by atomic mass is 35.5. The standard InChI is InChI=1S/C17H18Cl2N2O2S/c18-15-6-5-12(9-16(15)19)20-17(24)21(10-13-3-1-7-22-13)11-14-4-2-8-23-14/h1,3,5-7,9,14H,2,4,8,10-11H2,(H,20,24). The van der Waals surface area contributed by atoms with Crippen LogP contribution in [0.25, 0.3) is 0 Å². The van der Waals surface area contributed by atoms with Crippen LogP contribution < -0.4 is 5.32 Å². The fraction of sp³-hybridized carbons (Fsp3) is 0.353. The third-order valence-corrected chi connectivity index (χ3v) is 4.93. The van der Waals surface area contributed by atoms with Gasteiger partial charge in [0.05, 0.1) is 29.0 Å². The van der Waals surface area contributed by atoms with E-state index in [4.69, 9.17) is 44.6 Å². The first-order chi connectivity index (χ1) is 11.6. The number of halogens is 2. The summed E-state index contributed by atoms with van der Waals surface area (Å²) in [6.45, 7) is 2.11. The highest BCUT2D eigenvalue weighted by molar-refractivity contribution is 7.80. The second-order valence-electron chi connectivity index (χ2n) is 5.65. The molecule has 2 heterocycles. The first-order valence-electron chi connectivity index (χ1n) is 7.77. The number of hydrogen-bond acceptors (Lipinski definition) is 3. The SMILES string of the molecule is S=C(Nc1ccc(Cl)c(Cl)c1)N(Cc1ccco1)CC1CCCO1. The number of benzene rings is 1. The molecule has 1 aliphatic heterocycles. The van der Waals surface area contributed by atoms with Crippen molar-refractivity contribution in [2.75, 3.05) is 18.5 Å². The molecule has 0 spiro atoms. The number of furan rings is 1. The Morgan fingerprint density at radius 3 is 2.83 bits per heavy atom. The normalized spacial score (nSPS) is 17.0. The predicted octanol–water partition coefficient (Wildman–Crippen LogP) is 4.96. The lowest BCUT2D eigenvalue weighted by Gasteiger charge is -2.27. The van der Waals surface area contributed by atoms with Crippen LogP contribution in [0.3, 0.4) is 0 Å². The molecule has 7 heteroatoms. The van der Waals surface area contributed by atoms with E-state index in [9.17, 15) is 0 Å². The summed E-state index contributed by atoms with van der Waals surface area (Å²) in [7, 11) is 0. The summed E-state index contributed by atoms with van der Waals surface area (Å²) in [5.41, 5.74) is 0.797. The van der Waals surface area contributed by atoms with Crippen molar-refractivity contribution in [2.24, 2.45) is 0 Å². The predicted molar refractivity (Wildman–Crippen MR) is 101 cm³/mol. The van der Waals surface area contributed by atoms with Crippen LogP contribution >= 0.6 is 35.4 Å². The monoisotopic (exact) mass is 384 g/mol. The number of nitrogens with zero attached hydrogens (tertiary/aromatic N) is 1. The van der Waals surface area contributed by atoms with Gasteiger partial charge in [0.1, 0.15) is 5.76 Å². The molecule has 0 amide bonds. The second kappa shape index (κ2) is 8.21. The van der Waals surface area contributed by atoms with Crippen molar-refractivity contribution in [3.63, 3.8) is 0 Å². The Morgan fingerprint density at radius 1 is 1.29 bits per heavy atom. The van der Waals surface area contributed by atoms with Crippen LogP contribution in [-0.2, 0) is 11.3 Å². The van der Waals surface area contributed by atoms with Crippen molar-refractivity contribution in [2.45, 2.75) is 25.5 Å². The lowest BCUT2D eigenvalue weighted by atomic mass is 10.2. The number of rotatable bonds is 5. The summed E-state index contributed by atoms with van der Waals surface area (Å²) < 4.78 is 11.2. The molecule has 0 saturated carbocycles. The van der Waals surface area contributed by atoms with Crippen LogP contribution in [-0.4, -0.2) is 29.3 Å². The van der Waals surface area contributed by atoms with Gasteiger partial charge >= 0.3 is 0 Å². The van der Waals surface area contributed by atoms with Crippen LogP contribution in [0.4, 0.5) is 5.69 Å². The summed E-state index contributed by atoms with van der Waals surface area (Å²) >= 11 is 17.6. The molecule has 1 unspecified atom stereocenters. The molecule has 1 aromatic carbocycles. The Labute approximate surface area is 156 Å². The van der Waals surface area contributed by atoms with Gasteiger partial charge in [-0.2, -0.15) is 0 Å². The number of ether oxygens (including phenoxy) is 1. The zero-order valence-electron chi connectivity index (χ0n) is 13.0. The molecule has 0 radical (unpaired) electrons. The van der Waals surface area contributed by atoms with E-state index in [1.54, 1.807) is 18.4 Å². The van der Waals surface area contributed by atoms with Gasteiger partial charge in [-0.25, -0.2) is 0 Å². The van der Waals surface area contributed by atoms with E-state index >= 15 is 0 Å². The van der Waals surface area contributed by atoms with E-state index in [1.807, 2.05) is 23.1 Å². The van der Waals surface area contributed by atoms with E-state index in [0.717, 1.165) is 30.9 Å². The van der Waals surface area contributed by atoms with Crippen molar-refractivity contribution in [3.8, 4) is 0 Å². The van der Waals surface area contributed by atoms with Gasteiger partial charge in [-0.3, -0.25) is 0 Å². The number of anilines is 1. The maximum absolute atomic E-state index is 6.07. The van der Waals surface area contributed by atoms with Crippen molar-refractivity contribution in [1.29, 1.82) is 0 Å². The third-order valence-electron chi connectivity index (χ3n) is 3.83. The molecule has 24 heavy (non-hydrogen) atoms. The molecular formula is C17H18Cl2N2O2S. The summed E-state index contributed by atoms with van der Waals surface area (Å²) in [6.07, 6.45) is 3.99. The summed E-state index contributed by atoms with van der Waals surface area (Å²) in [6, 6.07) is 9.15. The Morgan fingerprint density at radius 2 is 2.17 bits per heavy atom. The van der Waals surface area contributed by atoms with Crippen molar-refractivity contribution < 1.29 is 9.15 Å². The van der Waals surface area contributed by atoms with Gasteiger partial charge in [0.2, 0.25) is 0 Å². The molecule has 1 aromatic heterocycles. The quantitative estimate of drug-likeness (QED) is 0.736. The molecule has 1 atom stereocenters. The molecule has 2 aromatic rings. The van der Waals surface area contributed by atoms with E-state index < -0.39 is 0 Å². The fourth-order valence-electron chi connectivity index (χ4n) is 2.62. The van der Waals surface area contributed by atoms with E-state index in [2.05, 4.69) is 5.32 Å². The maximum atomic E-state index is 6.07. The average Bonchev–Trinajstić information content (AvgIpc) is 3.24. The average molecular weight is 385 g/mol. The van der Waals surface area contributed by atoms with Gasteiger partial charge in [0.15, 0.2) is 5.11 Å². The van der Waals surface area contributed by atoms with Gasteiger partial charge in [-0.1, -0.05) is 23.2 Å². The first-order valence-corrected chi connectivity index (χ1v) is 8.93. The number of thiocarbonyl (C=S) groups is 1. The van der Waals surface area contributed by atoms with Gasteiger partial charge in [0, 0.05) is 18.8 Å². The fourth-order valence-corrected chi connectivity index (χ4v) is 3.18. The minimum Gasteiger partial charge on any atom is -0.467 e. The van der Waals surface area contributed by atoms with Crippen molar-refractivity contribution >= 4 is 46.2 Å². The smallest absolute Gasteiger partial charge is 0.173 e. The maximum Gasteiger partial charge on any atom is 0.173 e. The van der Waals surface area contributed by atoms with Gasteiger partial charge in [-0.05, 0) is 55.4 Å². The lowest BCUT2D eigenvalue weighted by molar-refractivity contribution is 0.0892. The topological polar surface area (TPSA) is 37.6 Å². The molecule has 1 N–H and O–H groups in total. The molecule has 1 aliphatic rings. The highest BCUT2D eigenvalue weighted by Crippen LogP contribution is 2.25. The van der Waals surface area contributed by atoms with Gasteiger partial charge in [0.25, 0.3) is 0 Å². The molecule has 3 rings (SSSR count). The number of hydrogen-bond donors (Lipinski definition) is 1. The molecule has 128 valence electrons. The van der Waals surface area contributed by atoms with E-state index in [-0.39, 0.29) is 6.10 Å². The van der Waals surface area contributed by atoms with Crippen LogP contribution in [0.2, 0.25) is 10.0 Å². The first kappa shape index (κ1) is 17.5. The highest BCUT2D eigenvalue weighted by Gasteiger charge is 2.22. The number of nitrogens with one attached hydrogen (secondary N) is 1. The molecule has 1 saturated heterocycles. The van der Waals surface area contributed by atoms with Crippen molar-refractivity contribution in [1.82, 2.24) is 4.90 Å². The van der Waals surface area contributed by atoms with E-state index in [0.29, 0.717) is 28.2 Å². The summed E-state index contributed by atoms with van der Waals surface area (Å²) in [4.78, 5) is 2.05. The zero-order valence-corrected chi connectivity index (χ0v) is 15.3. The van der Waals surface area contributed by atoms with E-state index in [1.165, 1.54) is 0 Å². The minimum atomic E-state index is 0.188. The minimum absolute atomic E-state index is 0.188.